The molecule has 0 unspecified atom stereocenters. The molecular weight excluding hydrogens is 845 g/mol. The number of para-hydroxylation sites is 3. The van der Waals surface area contributed by atoms with Gasteiger partial charge in [0.15, 0.2) is 0 Å². The largest absolute Gasteiger partial charge is 0.309 e. The van der Waals surface area contributed by atoms with Crippen LogP contribution in [0.1, 0.15) is 44.5 Å². The number of aromatic nitrogens is 1. The maximum Gasteiger partial charge on any atom is 0.0743 e. The van der Waals surface area contributed by atoms with Crippen LogP contribution >= 0.6 is 0 Å². The zero-order chi connectivity index (χ0) is 46.5. The third kappa shape index (κ3) is 6.27. The van der Waals surface area contributed by atoms with Crippen molar-refractivity contribution >= 4 is 38.9 Å². The molecule has 11 aromatic carbocycles. The molecule has 1 aliphatic heterocycles. The summed E-state index contributed by atoms with van der Waals surface area (Å²) in [7, 11) is 0. The molecule has 0 amide bonds. The monoisotopic (exact) mass is 892 g/mol. The van der Waals surface area contributed by atoms with Gasteiger partial charge in [-0.05, 0) is 92.5 Å². The first kappa shape index (κ1) is 41.2. The first-order valence-corrected chi connectivity index (χ1v) is 24.3. The summed E-state index contributed by atoms with van der Waals surface area (Å²) in [5, 5.41) is 2.47. The summed E-state index contributed by atoms with van der Waals surface area (Å²) in [5.41, 5.74) is 17.2. The summed E-state index contributed by atoms with van der Waals surface area (Å²) >= 11 is 0. The lowest BCUT2D eigenvalue weighted by Gasteiger charge is -2.48. The van der Waals surface area contributed by atoms with Crippen molar-refractivity contribution in [3.05, 3.63) is 336 Å². The topological polar surface area (TPSA) is 8.17 Å². The van der Waals surface area contributed by atoms with Crippen molar-refractivity contribution < 1.29 is 0 Å². The van der Waals surface area contributed by atoms with Crippen LogP contribution in [0.3, 0.4) is 0 Å². The van der Waals surface area contributed by atoms with Crippen LogP contribution in [0, 0.1) is 0 Å². The Morgan fingerprint density at radius 3 is 1.24 bits per heavy atom. The van der Waals surface area contributed by atoms with Crippen LogP contribution in [-0.4, -0.2) is 4.57 Å². The van der Waals surface area contributed by atoms with Crippen LogP contribution in [0.4, 0.5) is 17.1 Å². The van der Waals surface area contributed by atoms with E-state index in [0.29, 0.717) is 0 Å². The fraction of sp³-hybridized carbons (Fsp3) is 0.0294. The number of benzene rings is 11. The second-order valence-electron chi connectivity index (χ2n) is 18.4. The molecule has 0 spiro atoms. The number of rotatable bonds is 9. The zero-order valence-corrected chi connectivity index (χ0v) is 38.6. The van der Waals surface area contributed by atoms with Gasteiger partial charge in [0.25, 0.3) is 0 Å². The van der Waals surface area contributed by atoms with E-state index in [2.05, 4.69) is 301 Å². The van der Waals surface area contributed by atoms with Gasteiger partial charge in [-0.15, -0.1) is 0 Å². The predicted molar refractivity (Wildman–Crippen MR) is 291 cm³/mol. The molecule has 1 aliphatic rings. The van der Waals surface area contributed by atoms with Crippen molar-refractivity contribution in [1.29, 1.82) is 0 Å². The van der Waals surface area contributed by atoms with Gasteiger partial charge in [0, 0.05) is 22.0 Å². The Morgan fingerprint density at radius 2 is 0.714 bits per heavy atom. The standard InChI is InChI=1S/C68H48N2/c1-7-25-49(26-8-1)57-37-19-22-40-62(57)70-65-45-43-55(67(50-27-9-2-10-28-50,51-29-11-3-12-30-51)52-31-13-4-14-32-52)47-60(65)68(53-33-15-5-16-34-53,54-35-17-6-18-36-54)61-48-56(44-46-66(61)70)69-63-41-23-20-38-58(63)59-39-21-24-42-64(59)69/h1-48H. The average Bonchev–Trinajstić information content (AvgIpc) is 3.79. The highest BCUT2D eigenvalue weighted by atomic mass is 15.2. The number of hydrogen-bond donors (Lipinski definition) is 0. The molecule has 2 heteroatoms. The van der Waals surface area contributed by atoms with Crippen molar-refractivity contribution in [1.82, 2.24) is 4.57 Å². The first-order valence-electron chi connectivity index (χ1n) is 24.3. The van der Waals surface area contributed by atoms with Crippen LogP contribution in [0.5, 0.6) is 0 Å². The van der Waals surface area contributed by atoms with Crippen LogP contribution in [0.2, 0.25) is 0 Å². The van der Waals surface area contributed by atoms with E-state index < -0.39 is 10.8 Å². The van der Waals surface area contributed by atoms with E-state index in [4.69, 9.17) is 0 Å². The molecule has 13 rings (SSSR count). The third-order valence-electron chi connectivity index (χ3n) is 14.8. The van der Waals surface area contributed by atoms with Crippen LogP contribution in [-0.2, 0) is 10.8 Å². The number of hydrogen-bond acceptors (Lipinski definition) is 1. The molecule has 0 N–H and O–H groups in total. The molecular formula is C68H48N2. The molecule has 0 saturated heterocycles. The van der Waals surface area contributed by atoms with Gasteiger partial charge in [0.1, 0.15) is 0 Å². The Balaban J connectivity index is 1.21. The normalized spacial score (nSPS) is 12.9. The van der Waals surface area contributed by atoms with Crippen molar-refractivity contribution in [2.75, 3.05) is 4.90 Å². The van der Waals surface area contributed by atoms with E-state index in [0.717, 1.165) is 28.3 Å². The van der Waals surface area contributed by atoms with Gasteiger partial charge in [-0.3, -0.25) is 0 Å². The van der Waals surface area contributed by atoms with Gasteiger partial charge >= 0.3 is 0 Å². The Kier molecular flexibility index (Phi) is 9.99. The zero-order valence-electron chi connectivity index (χ0n) is 38.6. The molecule has 12 aromatic rings. The summed E-state index contributed by atoms with van der Waals surface area (Å²) < 4.78 is 2.46. The Labute approximate surface area is 409 Å². The van der Waals surface area contributed by atoms with E-state index in [9.17, 15) is 0 Å². The van der Waals surface area contributed by atoms with E-state index in [-0.39, 0.29) is 0 Å². The fourth-order valence-corrected chi connectivity index (χ4v) is 11.9. The SMILES string of the molecule is c1ccc(-c2ccccc2N2c3ccc(-n4c5ccccc5c5ccccc54)cc3C(c3ccccc3)(c3ccccc3)c3cc(C(c4ccccc4)(c4ccccc4)c4ccccc4)ccc32)cc1. The van der Waals surface area contributed by atoms with Crippen LogP contribution in [0.25, 0.3) is 38.6 Å². The highest BCUT2D eigenvalue weighted by Gasteiger charge is 2.49. The Bertz CT molecular complexity index is 3620. The molecule has 0 bridgehead atoms. The molecule has 2 nitrogen and oxygen atoms in total. The van der Waals surface area contributed by atoms with E-state index in [1.54, 1.807) is 0 Å². The lowest BCUT2D eigenvalue weighted by molar-refractivity contribution is 0.709. The molecule has 0 saturated carbocycles. The quantitative estimate of drug-likeness (QED) is 0.131. The van der Waals surface area contributed by atoms with Gasteiger partial charge in [-0.2, -0.15) is 0 Å². The van der Waals surface area contributed by atoms with Crippen molar-refractivity contribution in [3.63, 3.8) is 0 Å². The maximum atomic E-state index is 2.57. The van der Waals surface area contributed by atoms with Crippen LogP contribution < -0.4 is 4.90 Å². The molecule has 0 aliphatic carbocycles. The van der Waals surface area contributed by atoms with Gasteiger partial charge in [-0.25, -0.2) is 0 Å². The summed E-state index contributed by atoms with van der Waals surface area (Å²) in [6.07, 6.45) is 0. The highest BCUT2D eigenvalue weighted by Crippen LogP contribution is 2.60. The van der Waals surface area contributed by atoms with Crippen molar-refractivity contribution in [3.8, 4) is 16.8 Å². The maximum absolute atomic E-state index is 2.57. The van der Waals surface area contributed by atoms with Gasteiger partial charge in [0.2, 0.25) is 0 Å². The highest BCUT2D eigenvalue weighted by molar-refractivity contribution is 6.09. The predicted octanol–water partition coefficient (Wildman–Crippen LogP) is 17.0. The van der Waals surface area contributed by atoms with Crippen LogP contribution in [0.15, 0.2) is 291 Å². The molecule has 330 valence electrons. The summed E-state index contributed by atoms with van der Waals surface area (Å²) in [5.74, 6) is 0. The molecule has 70 heavy (non-hydrogen) atoms. The second-order valence-corrected chi connectivity index (χ2v) is 18.4. The summed E-state index contributed by atoms with van der Waals surface area (Å²) in [4.78, 5) is 2.55. The van der Waals surface area contributed by atoms with E-state index >= 15 is 0 Å². The van der Waals surface area contributed by atoms with Crippen molar-refractivity contribution in [2.24, 2.45) is 0 Å². The Hall–Kier alpha value is -8.98. The number of fused-ring (bicyclic) bond motifs is 5. The molecule has 0 fully saturated rings. The smallest absolute Gasteiger partial charge is 0.0743 e. The fourth-order valence-electron chi connectivity index (χ4n) is 11.9. The summed E-state index contributed by atoms with van der Waals surface area (Å²) in [6, 6.07) is 108. The van der Waals surface area contributed by atoms with Gasteiger partial charge in [0.05, 0.1) is 38.9 Å². The minimum Gasteiger partial charge on any atom is -0.309 e. The Morgan fingerprint density at radius 1 is 0.300 bits per heavy atom. The lowest BCUT2D eigenvalue weighted by Crippen LogP contribution is -2.39. The minimum atomic E-state index is -0.800. The van der Waals surface area contributed by atoms with E-state index in [1.165, 1.54) is 71.9 Å². The number of nitrogens with zero attached hydrogens (tertiary/aromatic N) is 2. The van der Waals surface area contributed by atoms with Crippen molar-refractivity contribution in [2.45, 2.75) is 10.8 Å². The van der Waals surface area contributed by atoms with Gasteiger partial charge in [-0.1, -0.05) is 249 Å². The summed E-state index contributed by atoms with van der Waals surface area (Å²) in [6.45, 7) is 0. The molecule has 0 atom stereocenters. The molecule has 1 aromatic heterocycles. The molecule has 2 heterocycles. The second kappa shape index (κ2) is 17.0. The van der Waals surface area contributed by atoms with Gasteiger partial charge < -0.3 is 9.47 Å². The minimum absolute atomic E-state index is 0.685. The van der Waals surface area contributed by atoms with E-state index in [1.807, 2.05) is 0 Å². The molecule has 0 radical (unpaired) electrons. The third-order valence-corrected chi connectivity index (χ3v) is 14.8. The lowest BCUT2D eigenvalue weighted by atomic mass is 9.60. The number of anilines is 3. The first-order chi connectivity index (χ1) is 34.8. The average molecular weight is 893 g/mol.